The van der Waals surface area contributed by atoms with Crippen LogP contribution in [0.3, 0.4) is 0 Å². The van der Waals surface area contributed by atoms with Gasteiger partial charge in [0.05, 0.1) is 16.6 Å². The van der Waals surface area contributed by atoms with Crippen molar-refractivity contribution in [2.75, 3.05) is 0 Å². The highest BCUT2D eigenvalue weighted by Crippen LogP contribution is 2.39. The number of rotatable bonds is 1. The summed E-state index contributed by atoms with van der Waals surface area (Å²) >= 11 is 9.95. The fourth-order valence-corrected chi connectivity index (χ4v) is 5.17. The molecule has 0 bridgehead atoms. The van der Waals surface area contributed by atoms with Gasteiger partial charge in [0.15, 0.2) is 0 Å². The van der Waals surface area contributed by atoms with E-state index >= 15 is 0 Å². The lowest BCUT2D eigenvalue weighted by molar-refractivity contribution is 1.18. The Balaban J connectivity index is 1.85. The molecule has 2 nitrogen and oxygen atoms in total. The molecule has 28 heavy (non-hydrogen) atoms. The predicted octanol–water partition coefficient (Wildman–Crippen LogP) is 7.83. The summed E-state index contributed by atoms with van der Waals surface area (Å²) in [4.78, 5) is 3.65. The van der Waals surface area contributed by atoms with Crippen molar-refractivity contribution in [2.24, 2.45) is 0 Å². The Morgan fingerprint density at radius 3 is 2.39 bits per heavy atom. The third kappa shape index (κ3) is 2.20. The van der Waals surface area contributed by atoms with Gasteiger partial charge in [0.25, 0.3) is 0 Å². The van der Waals surface area contributed by atoms with E-state index in [1.165, 1.54) is 27.1 Å². The van der Waals surface area contributed by atoms with Gasteiger partial charge >= 0.3 is 0 Å². The lowest BCUT2D eigenvalue weighted by Gasteiger charge is -2.09. The monoisotopic (exact) mass is 444 g/mol. The Bertz CT molecular complexity index is 1520. The second-order valence-electron chi connectivity index (χ2n) is 7.03. The van der Waals surface area contributed by atoms with Crippen LogP contribution < -0.4 is 0 Å². The minimum absolute atomic E-state index is 0.710. The molecule has 6 rings (SSSR count). The van der Waals surface area contributed by atoms with Gasteiger partial charge in [-0.1, -0.05) is 70.0 Å². The van der Waals surface area contributed by atoms with Crippen LogP contribution in [0.2, 0.25) is 5.02 Å². The van der Waals surface area contributed by atoms with Gasteiger partial charge in [0, 0.05) is 42.2 Å². The molecular weight excluding hydrogens is 432 g/mol. The van der Waals surface area contributed by atoms with Crippen LogP contribution in [-0.2, 0) is 0 Å². The van der Waals surface area contributed by atoms with E-state index in [1.807, 2.05) is 12.1 Å². The Morgan fingerprint density at radius 1 is 0.750 bits per heavy atom. The second-order valence-corrected chi connectivity index (χ2v) is 8.39. The molecule has 2 heterocycles. The average Bonchev–Trinajstić information content (AvgIpc) is 3.22. The number of aromatic amines is 1. The quantitative estimate of drug-likeness (QED) is 0.266. The Morgan fingerprint density at radius 2 is 1.54 bits per heavy atom. The first-order chi connectivity index (χ1) is 13.7. The zero-order valence-corrected chi connectivity index (χ0v) is 17.1. The van der Waals surface area contributed by atoms with Gasteiger partial charge in [-0.3, -0.25) is 0 Å². The molecule has 0 amide bonds. The maximum Gasteiger partial charge on any atom is 0.0566 e. The van der Waals surface area contributed by atoms with Crippen molar-refractivity contribution < 1.29 is 0 Å². The van der Waals surface area contributed by atoms with Crippen LogP contribution in [0, 0.1) is 0 Å². The van der Waals surface area contributed by atoms with Gasteiger partial charge in [-0.2, -0.15) is 0 Å². The second kappa shape index (κ2) is 5.87. The summed E-state index contributed by atoms with van der Waals surface area (Å²) in [6.45, 7) is 0. The first-order valence-electron chi connectivity index (χ1n) is 9.10. The maximum atomic E-state index is 6.37. The number of fused-ring (bicyclic) bond motifs is 7. The SMILES string of the molecule is Clc1cc(Br)cc(-n2c3ccccc3c3c4[nH]c5ccccc5c4ccc32)c1. The highest BCUT2D eigenvalue weighted by molar-refractivity contribution is 9.10. The highest BCUT2D eigenvalue weighted by Gasteiger charge is 2.17. The van der Waals surface area contributed by atoms with Gasteiger partial charge in [-0.05, 0) is 36.4 Å². The van der Waals surface area contributed by atoms with E-state index in [0.717, 1.165) is 26.7 Å². The first-order valence-corrected chi connectivity index (χ1v) is 10.3. The van der Waals surface area contributed by atoms with Crippen molar-refractivity contribution in [1.29, 1.82) is 0 Å². The number of aromatic nitrogens is 2. The molecule has 4 aromatic carbocycles. The maximum absolute atomic E-state index is 6.37. The Hall–Kier alpha value is -2.75. The number of halogens is 2. The van der Waals surface area contributed by atoms with Crippen LogP contribution in [0.1, 0.15) is 0 Å². The molecule has 0 radical (unpaired) electrons. The number of benzene rings is 4. The molecule has 1 N–H and O–H groups in total. The third-order valence-corrected chi connectivity index (χ3v) is 6.10. The number of hydrogen-bond donors (Lipinski definition) is 1. The molecule has 0 unspecified atom stereocenters. The molecule has 0 aliphatic heterocycles. The van der Waals surface area contributed by atoms with Crippen molar-refractivity contribution in [3.05, 3.63) is 88.4 Å². The smallest absolute Gasteiger partial charge is 0.0566 e. The third-order valence-electron chi connectivity index (χ3n) is 5.42. The molecule has 0 saturated carbocycles. The standard InChI is InChI=1S/C24H14BrClN2/c25-14-11-15(26)13-16(12-14)28-21-8-4-2-6-19(21)23-22(28)10-9-18-17-5-1-3-7-20(17)27-24(18)23/h1-13,27H. The lowest BCUT2D eigenvalue weighted by atomic mass is 10.1. The molecule has 2 aromatic heterocycles. The Kier molecular flexibility index (Phi) is 3.40. The molecular formula is C24H14BrClN2. The van der Waals surface area contributed by atoms with E-state index < -0.39 is 0 Å². The van der Waals surface area contributed by atoms with Gasteiger partial charge in [0.1, 0.15) is 0 Å². The highest BCUT2D eigenvalue weighted by atomic mass is 79.9. The van der Waals surface area contributed by atoms with Crippen LogP contribution in [0.5, 0.6) is 0 Å². The van der Waals surface area contributed by atoms with Crippen molar-refractivity contribution >= 4 is 71.1 Å². The van der Waals surface area contributed by atoms with Crippen molar-refractivity contribution in [3.8, 4) is 5.69 Å². The summed E-state index contributed by atoms with van der Waals surface area (Å²) in [7, 11) is 0. The average molecular weight is 446 g/mol. The predicted molar refractivity (Wildman–Crippen MR) is 123 cm³/mol. The van der Waals surface area contributed by atoms with Crippen LogP contribution in [0.25, 0.3) is 49.3 Å². The largest absolute Gasteiger partial charge is 0.354 e. The summed E-state index contributed by atoms with van der Waals surface area (Å²) < 4.78 is 3.25. The number of nitrogens with one attached hydrogen (secondary N) is 1. The lowest BCUT2D eigenvalue weighted by Crippen LogP contribution is -1.93. The summed E-state index contributed by atoms with van der Waals surface area (Å²) in [5.41, 5.74) is 5.70. The zero-order chi connectivity index (χ0) is 18.8. The fraction of sp³-hybridized carbons (Fsp3) is 0. The van der Waals surface area contributed by atoms with Crippen LogP contribution >= 0.6 is 27.5 Å². The van der Waals surface area contributed by atoms with Gasteiger partial charge < -0.3 is 9.55 Å². The molecule has 0 fully saturated rings. The minimum atomic E-state index is 0.710. The van der Waals surface area contributed by atoms with E-state index in [4.69, 9.17) is 11.6 Å². The summed E-state index contributed by atoms with van der Waals surface area (Å²) in [6, 6.07) is 27.5. The van der Waals surface area contributed by atoms with E-state index in [0.29, 0.717) is 5.02 Å². The summed E-state index contributed by atoms with van der Waals surface area (Å²) in [5.74, 6) is 0. The van der Waals surface area contributed by atoms with Crippen molar-refractivity contribution in [2.45, 2.75) is 0 Å². The normalized spacial score (nSPS) is 11.9. The van der Waals surface area contributed by atoms with Crippen LogP contribution in [0.4, 0.5) is 0 Å². The fourth-order valence-electron chi connectivity index (χ4n) is 4.32. The molecule has 0 atom stereocenters. The molecule has 4 heteroatoms. The molecule has 6 aromatic rings. The Labute approximate surface area is 174 Å². The van der Waals surface area contributed by atoms with Crippen LogP contribution in [0.15, 0.2) is 83.3 Å². The topological polar surface area (TPSA) is 20.7 Å². The summed E-state index contributed by atoms with van der Waals surface area (Å²) in [5, 5.41) is 5.67. The molecule has 134 valence electrons. The van der Waals surface area contributed by atoms with Crippen molar-refractivity contribution in [3.63, 3.8) is 0 Å². The minimum Gasteiger partial charge on any atom is -0.354 e. The zero-order valence-electron chi connectivity index (χ0n) is 14.7. The van der Waals surface area contributed by atoms with Crippen LogP contribution in [-0.4, -0.2) is 9.55 Å². The van der Waals surface area contributed by atoms with Gasteiger partial charge in [-0.15, -0.1) is 0 Å². The molecule has 0 aliphatic rings. The number of para-hydroxylation sites is 2. The molecule has 0 aliphatic carbocycles. The van der Waals surface area contributed by atoms with Crippen molar-refractivity contribution in [1.82, 2.24) is 9.55 Å². The first kappa shape index (κ1) is 16.2. The molecule has 0 saturated heterocycles. The number of nitrogens with zero attached hydrogens (tertiary/aromatic N) is 1. The molecule has 0 spiro atoms. The number of hydrogen-bond acceptors (Lipinski definition) is 0. The summed E-state index contributed by atoms with van der Waals surface area (Å²) in [6.07, 6.45) is 0. The van der Waals surface area contributed by atoms with E-state index in [1.54, 1.807) is 0 Å². The van der Waals surface area contributed by atoms with E-state index in [2.05, 4.69) is 92.2 Å². The van der Waals surface area contributed by atoms with Gasteiger partial charge in [0.2, 0.25) is 0 Å². The van der Waals surface area contributed by atoms with E-state index in [9.17, 15) is 0 Å². The van der Waals surface area contributed by atoms with E-state index in [-0.39, 0.29) is 0 Å². The van der Waals surface area contributed by atoms with Gasteiger partial charge in [-0.25, -0.2) is 0 Å². The number of H-pyrrole nitrogens is 1.